The monoisotopic (exact) mass is 142 g/mol. The summed E-state index contributed by atoms with van der Waals surface area (Å²) in [4.78, 5) is 21.4. The van der Waals surface area contributed by atoms with Crippen LogP contribution in [0, 0.1) is 0 Å². The van der Waals surface area contributed by atoms with Crippen LogP contribution in [-0.2, 0) is 4.79 Å². The first-order chi connectivity index (χ1) is 4.74. The van der Waals surface area contributed by atoms with Crippen molar-refractivity contribution in [1.29, 1.82) is 0 Å². The molecule has 0 aromatic heterocycles. The molecule has 0 saturated carbocycles. The van der Waals surface area contributed by atoms with Crippen LogP contribution >= 0.6 is 0 Å². The Balaban J connectivity index is 2.44. The van der Waals surface area contributed by atoms with E-state index >= 15 is 0 Å². The second-order valence-corrected chi connectivity index (χ2v) is 2.23. The maximum atomic E-state index is 10.9. The van der Waals surface area contributed by atoms with Crippen molar-refractivity contribution in [2.45, 2.75) is 19.4 Å². The number of amides is 2. The lowest BCUT2D eigenvalue weighted by Gasteiger charge is -2.02. The van der Waals surface area contributed by atoms with Crippen molar-refractivity contribution in [1.82, 2.24) is 10.6 Å². The molecule has 1 fully saturated rings. The van der Waals surface area contributed by atoms with Gasteiger partial charge in [0.2, 0.25) is 0 Å². The first-order valence-corrected chi connectivity index (χ1v) is 3.31. The Hall–Kier alpha value is -1.06. The average Bonchev–Trinajstić information content (AvgIpc) is 2.34. The van der Waals surface area contributed by atoms with Gasteiger partial charge in [-0.25, -0.2) is 4.79 Å². The zero-order valence-corrected chi connectivity index (χ0v) is 5.81. The molecule has 0 bridgehead atoms. The quantitative estimate of drug-likeness (QED) is 0.553. The summed E-state index contributed by atoms with van der Waals surface area (Å²) in [5.74, 6) is 0.0818. The fraction of sp³-hybridized carbons (Fsp3) is 0.667. The van der Waals surface area contributed by atoms with Gasteiger partial charge < -0.3 is 10.6 Å². The van der Waals surface area contributed by atoms with E-state index in [-0.39, 0.29) is 17.9 Å². The van der Waals surface area contributed by atoms with E-state index in [2.05, 4.69) is 10.6 Å². The van der Waals surface area contributed by atoms with E-state index < -0.39 is 0 Å². The van der Waals surface area contributed by atoms with Crippen LogP contribution in [0.25, 0.3) is 0 Å². The molecule has 2 amide bonds. The first-order valence-electron chi connectivity index (χ1n) is 3.31. The fourth-order valence-electron chi connectivity index (χ4n) is 0.896. The minimum Gasteiger partial charge on any atom is -0.336 e. The highest BCUT2D eigenvalue weighted by atomic mass is 16.2. The third-order valence-corrected chi connectivity index (χ3v) is 1.51. The Morgan fingerprint density at radius 3 is 2.90 bits per heavy atom. The van der Waals surface area contributed by atoms with Gasteiger partial charge in [-0.05, 0) is 0 Å². The van der Waals surface area contributed by atoms with Crippen LogP contribution in [0.5, 0.6) is 0 Å². The molecule has 2 N–H and O–H groups in total. The van der Waals surface area contributed by atoms with Crippen molar-refractivity contribution in [2.75, 3.05) is 6.54 Å². The normalized spacial score (nSPS) is 23.7. The van der Waals surface area contributed by atoms with Gasteiger partial charge in [0.1, 0.15) is 6.04 Å². The standard InChI is InChI=1S/C6H10N2O2/c1-2-5(9)4-3-7-6(10)8-4/h4H,2-3H2,1H3,(H2,7,8,10)/t4-/m0/s1. The molecule has 56 valence electrons. The lowest BCUT2D eigenvalue weighted by molar-refractivity contribution is -0.120. The van der Waals surface area contributed by atoms with Crippen molar-refractivity contribution < 1.29 is 9.59 Å². The molecule has 1 aliphatic rings. The van der Waals surface area contributed by atoms with E-state index in [1.165, 1.54) is 0 Å². The van der Waals surface area contributed by atoms with Crippen LogP contribution in [0.4, 0.5) is 4.79 Å². The summed E-state index contributed by atoms with van der Waals surface area (Å²) in [5, 5.41) is 5.02. The summed E-state index contributed by atoms with van der Waals surface area (Å²) < 4.78 is 0. The number of carbonyl (C=O) groups excluding carboxylic acids is 2. The lowest BCUT2D eigenvalue weighted by Crippen LogP contribution is -2.33. The highest BCUT2D eigenvalue weighted by molar-refractivity contribution is 5.91. The fourth-order valence-corrected chi connectivity index (χ4v) is 0.896. The zero-order valence-electron chi connectivity index (χ0n) is 5.81. The third-order valence-electron chi connectivity index (χ3n) is 1.51. The molecule has 1 atom stereocenters. The molecule has 1 saturated heterocycles. The number of carbonyl (C=O) groups is 2. The molecule has 0 unspecified atom stereocenters. The first kappa shape index (κ1) is 7.05. The number of hydrogen-bond donors (Lipinski definition) is 2. The summed E-state index contributed by atoms with van der Waals surface area (Å²) in [6.07, 6.45) is 0.479. The number of rotatable bonds is 2. The van der Waals surface area contributed by atoms with Crippen molar-refractivity contribution in [3.05, 3.63) is 0 Å². The molecule has 0 spiro atoms. The van der Waals surface area contributed by atoms with Gasteiger partial charge in [-0.15, -0.1) is 0 Å². The minimum atomic E-state index is -0.294. The van der Waals surface area contributed by atoms with Crippen LogP contribution in [-0.4, -0.2) is 24.4 Å². The summed E-state index contributed by atoms with van der Waals surface area (Å²) >= 11 is 0. The number of ketones is 1. The van der Waals surface area contributed by atoms with Crippen molar-refractivity contribution >= 4 is 11.8 Å². The van der Waals surface area contributed by atoms with Gasteiger partial charge in [0, 0.05) is 13.0 Å². The smallest absolute Gasteiger partial charge is 0.315 e. The molecule has 4 nitrogen and oxygen atoms in total. The zero-order chi connectivity index (χ0) is 7.56. The van der Waals surface area contributed by atoms with Gasteiger partial charge in [0.25, 0.3) is 0 Å². The highest BCUT2D eigenvalue weighted by Gasteiger charge is 2.24. The minimum absolute atomic E-state index is 0.0818. The topological polar surface area (TPSA) is 58.2 Å². The van der Waals surface area contributed by atoms with Crippen molar-refractivity contribution in [3.63, 3.8) is 0 Å². The number of hydrogen-bond acceptors (Lipinski definition) is 2. The largest absolute Gasteiger partial charge is 0.336 e. The SMILES string of the molecule is CCC(=O)[C@@H]1CNC(=O)N1. The predicted octanol–water partition coefficient (Wildman–Crippen LogP) is -0.353. The number of nitrogens with one attached hydrogen (secondary N) is 2. The molecule has 1 heterocycles. The van der Waals surface area contributed by atoms with Crippen LogP contribution < -0.4 is 10.6 Å². The molecule has 1 aliphatic heterocycles. The van der Waals surface area contributed by atoms with E-state index in [1.54, 1.807) is 6.92 Å². The van der Waals surface area contributed by atoms with E-state index in [0.717, 1.165) is 0 Å². The molecule has 1 rings (SSSR count). The molecular formula is C6H10N2O2. The van der Waals surface area contributed by atoms with Gasteiger partial charge >= 0.3 is 6.03 Å². The Morgan fingerprint density at radius 1 is 1.80 bits per heavy atom. The van der Waals surface area contributed by atoms with Gasteiger partial charge in [-0.1, -0.05) is 6.92 Å². The van der Waals surface area contributed by atoms with Crippen LogP contribution in [0.2, 0.25) is 0 Å². The van der Waals surface area contributed by atoms with E-state index in [0.29, 0.717) is 13.0 Å². The number of urea groups is 1. The molecule has 4 heteroatoms. The Labute approximate surface area is 59.0 Å². The van der Waals surface area contributed by atoms with Gasteiger partial charge in [0.15, 0.2) is 5.78 Å². The summed E-state index contributed by atoms with van der Waals surface area (Å²) in [6, 6.07) is -0.538. The molecule has 0 aliphatic carbocycles. The van der Waals surface area contributed by atoms with Crippen LogP contribution in [0.15, 0.2) is 0 Å². The van der Waals surface area contributed by atoms with E-state index in [4.69, 9.17) is 0 Å². The summed E-state index contributed by atoms with van der Waals surface area (Å²) in [5.41, 5.74) is 0. The van der Waals surface area contributed by atoms with E-state index in [1.807, 2.05) is 0 Å². The summed E-state index contributed by atoms with van der Waals surface area (Å²) in [6.45, 7) is 2.22. The van der Waals surface area contributed by atoms with Crippen molar-refractivity contribution in [3.8, 4) is 0 Å². The molecule has 0 aromatic rings. The molecule has 10 heavy (non-hydrogen) atoms. The third kappa shape index (κ3) is 1.26. The Kier molecular flexibility index (Phi) is 1.89. The van der Waals surface area contributed by atoms with Crippen molar-refractivity contribution in [2.24, 2.45) is 0 Å². The predicted molar refractivity (Wildman–Crippen MR) is 35.6 cm³/mol. The highest BCUT2D eigenvalue weighted by Crippen LogP contribution is 1.94. The molecule has 0 aromatic carbocycles. The second-order valence-electron chi connectivity index (χ2n) is 2.23. The molecule has 0 radical (unpaired) electrons. The van der Waals surface area contributed by atoms with Gasteiger partial charge in [-0.3, -0.25) is 4.79 Å². The Morgan fingerprint density at radius 2 is 2.50 bits per heavy atom. The van der Waals surface area contributed by atoms with Gasteiger partial charge in [-0.2, -0.15) is 0 Å². The maximum absolute atomic E-state index is 10.9. The maximum Gasteiger partial charge on any atom is 0.315 e. The van der Waals surface area contributed by atoms with Crippen LogP contribution in [0.3, 0.4) is 0 Å². The summed E-state index contributed by atoms with van der Waals surface area (Å²) in [7, 11) is 0. The number of Topliss-reactive ketones (excluding diaryl/α,β-unsaturated/α-hetero) is 1. The van der Waals surface area contributed by atoms with Gasteiger partial charge in [0.05, 0.1) is 0 Å². The van der Waals surface area contributed by atoms with E-state index in [9.17, 15) is 9.59 Å². The Bertz CT molecular complexity index is 167. The molecular weight excluding hydrogens is 132 g/mol. The second kappa shape index (κ2) is 2.68. The average molecular weight is 142 g/mol. The lowest BCUT2D eigenvalue weighted by atomic mass is 10.1. The van der Waals surface area contributed by atoms with Crippen LogP contribution in [0.1, 0.15) is 13.3 Å².